The molecular weight excluding hydrogens is 374 g/mol. The molecule has 2 aliphatic rings. The van der Waals surface area contributed by atoms with Crippen molar-refractivity contribution in [3.8, 4) is 22.6 Å². The van der Waals surface area contributed by atoms with Crippen LogP contribution in [0.15, 0.2) is 42.5 Å². The second kappa shape index (κ2) is 6.92. The maximum Gasteiger partial charge on any atom is 0.142 e. The van der Waals surface area contributed by atoms with E-state index in [1.165, 1.54) is 16.7 Å². The van der Waals surface area contributed by atoms with Gasteiger partial charge in [-0.3, -0.25) is 0 Å². The average molecular weight is 404 g/mol. The summed E-state index contributed by atoms with van der Waals surface area (Å²) in [5.41, 5.74) is 5.79. The predicted molar refractivity (Wildman–Crippen MR) is 122 cm³/mol. The van der Waals surface area contributed by atoms with Gasteiger partial charge in [0.15, 0.2) is 0 Å². The first-order valence-electron chi connectivity index (χ1n) is 10.8. The van der Waals surface area contributed by atoms with Crippen LogP contribution >= 0.6 is 0 Å². The van der Waals surface area contributed by atoms with Gasteiger partial charge in [-0.05, 0) is 64.6 Å². The third kappa shape index (κ3) is 2.70. The molecule has 2 N–H and O–H groups in total. The van der Waals surface area contributed by atoms with Gasteiger partial charge < -0.3 is 19.8 Å². The summed E-state index contributed by atoms with van der Waals surface area (Å²) < 4.78 is 5.75. The molecule has 3 aromatic rings. The molecule has 4 heteroatoms. The van der Waals surface area contributed by atoms with Crippen LogP contribution in [0.2, 0.25) is 0 Å². The molecule has 1 aliphatic carbocycles. The molecule has 5 rings (SSSR count). The number of aliphatic hydroxyl groups excluding tert-OH is 1. The highest BCUT2D eigenvalue weighted by Gasteiger charge is 2.37. The number of piperidine rings is 1. The van der Waals surface area contributed by atoms with Gasteiger partial charge in [-0.2, -0.15) is 0 Å². The summed E-state index contributed by atoms with van der Waals surface area (Å²) in [6, 6.07) is 14.6. The van der Waals surface area contributed by atoms with E-state index in [1.54, 1.807) is 7.11 Å². The fourth-order valence-electron chi connectivity index (χ4n) is 5.44. The van der Waals surface area contributed by atoms with E-state index >= 15 is 0 Å². The molecule has 4 nitrogen and oxygen atoms in total. The minimum atomic E-state index is -0.162. The molecule has 30 heavy (non-hydrogen) atoms. The number of methoxy groups -OCH3 is 1. The van der Waals surface area contributed by atoms with Gasteiger partial charge in [-0.25, -0.2) is 0 Å². The predicted octanol–water partition coefficient (Wildman–Crippen LogP) is 5.07. The van der Waals surface area contributed by atoms with E-state index in [9.17, 15) is 10.2 Å². The summed E-state index contributed by atoms with van der Waals surface area (Å²) in [4.78, 5) is 2.32. The summed E-state index contributed by atoms with van der Waals surface area (Å²) in [5.74, 6) is 1.34. The van der Waals surface area contributed by atoms with Crippen LogP contribution in [0.4, 0.5) is 5.69 Å². The number of nitrogens with zero attached hydrogens (tertiary/aromatic N) is 1. The fraction of sp³-hybridized carbons (Fsp3) is 0.385. The summed E-state index contributed by atoms with van der Waals surface area (Å²) in [5, 5.41) is 22.5. The number of aliphatic hydroxyl groups is 1. The Balaban J connectivity index is 1.78. The van der Waals surface area contributed by atoms with Gasteiger partial charge in [0.2, 0.25) is 0 Å². The van der Waals surface area contributed by atoms with E-state index in [0.29, 0.717) is 5.75 Å². The quantitative estimate of drug-likeness (QED) is 0.641. The number of aromatic hydroxyl groups is 1. The zero-order chi connectivity index (χ0) is 21.0. The molecule has 3 aromatic carbocycles. The lowest BCUT2D eigenvalue weighted by molar-refractivity contribution is 0.208. The Morgan fingerprint density at radius 3 is 2.67 bits per heavy atom. The van der Waals surface area contributed by atoms with Crippen LogP contribution in [0.3, 0.4) is 0 Å². The highest BCUT2D eigenvalue weighted by atomic mass is 16.5. The minimum absolute atomic E-state index is 0.162. The van der Waals surface area contributed by atoms with Crippen molar-refractivity contribution in [1.82, 2.24) is 0 Å². The number of hydrogen-bond acceptors (Lipinski definition) is 4. The van der Waals surface area contributed by atoms with Gasteiger partial charge in [0.25, 0.3) is 0 Å². The van der Waals surface area contributed by atoms with E-state index < -0.39 is 0 Å². The number of phenolic OH excluding ortho intramolecular Hbond substituents is 1. The van der Waals surface area contributed by atoms with Gasteiger partial charge >= 0.3 is 0 Å². The Labute approximate surface area is 177 Å². The van der Waals surface area contributed by atoms with Gasteiger partial charge in [0, 0.05) is 30.5 Å². The van der Waals surface area contributed by atoms with Crippen LogP contribution < -0.4 is 9.64 Å². The summed E-state index contributed by atoms with van der Waals surface area (Å²) in [6.07, 6.45) is 2.11. The molecule has 1 aliphatic heterocycles. The number of benzene rings is 3. The molecular formula is C26H29NO3. The van der Waals surface area contributed by atoms with Crippen molar-refractivity contribution in [2.75, 3.05) is 31.7 Å². The maximum atomic E-state index is 10.9. The van der Waals surface area contributed by atoms with Crippen molar-refractivity contribution < 1.29 is 14.9 Å². The molecule has 0 radical (unpaired) electrons. The molecule has 0 aromatic heterocycles. The molecule has 1 heterocycles. The largest absolute Gasteiger partial charge is 0.507 e. The van der Waals surface area contributed by atoms with Crippen molar-refractivity contribution in [2.24, 2.45) is 5.92 Å². The lowest BCUT2D eigenvalue weighted by Gasteiger charge is -2.34. The number of ether oxygens (including phenoxy) is 1. The van der Waals surface area contributed by atoms with Gasteiger partial charge in [-0.1, -0.05) is 38.1 Å². The van der Waals surface area contributed by atoms with Crippen molar-refractivity contribution in [1.29, 1.82) is 0 Å². The second-order valence-corrected chi connectivity index (χ2v) is 9.20. The molecule has 1 saturated heterocycles. The number of phenols is 1. The number of anilines is 1. The zero-order valence-corrected chi connectivity index (χ0v) is 17.9. The molecule has 0 saturated carbocycles. The third-order valence-corrected chi connectivity index (χ3v) is 7.08. The first-order valence-corrected chi connectivity index (χ1v) is 10.8. The van der Waals surface area contributed by atoms with Crippen molar-refractivity contribution in [3.63, 3.8) is 0 Å². The Bertz CT molecular complexity index is 1130. The van der Waals surface area contributed by atoms with Crippen LogP contribution in [0.1, 0.15) is 37.8 Å². The van der Waals surface area contributed by atoms with E-state index in [-0.39, 0.29) is 17.9 Å². The van der Waals surface area contributed by atoms with Crippen LogP contribution in [-0.4, -0.2) is 37.0 Å². The lowest BCUT2D eigenvalue weighted by Crippen LogP contribution is -2.37. The topological polar surface area (TPSA) is 52.9 Å². The van der Waals surface area contributed by atoms with Crippen molar-refractivity contribution >= 4 is 16.5 Å². The van der Waals surface area contributed by atoms with Crippen molar-refractivity contribution in [3.05, 3.63) is 53.6 Å². The van der Waals surface area contributed by atoms with E-state index in [0.717, 1.165) is 53.7 Å². The fourth-order valence-corrected chi connectivity index (χ4v) is 5.44. The van der Waals surface area contributed by atoms with Gasteiger partial charge in [-0.15, -0.1) is 0 Å². The number of hydrogen-bond donors (Lipinski definition) is 2. The zero-order valence-electron chi connectivity index (χ0n) is 17.9. The Morgan fingerprint density at radius 1 is 1.10 bits per heavy atom. The van der Waals surface area contributed by atoms with Crippen molar-refractivity contribution in [2.45, 2.75) is 32.1 Å². The van der Waals surface area contributed by atoms with Crippen LogP contribution in [0.25, 0.3) is 21.9 Å². The van der Waals surface area contributed by atoms with Crippen LogP contribution in [0, 0.1) is 5.92 Å². The van der Waals surface area contributed by atoms with E-state index in [2.05, 4.69) is 49.1 Å². The first-order chi connectivity index (χ1) is 14.5. The first kappa shape index (κ1) is 19.3. The lowest BCUT2D eigenvalue weighted by atomic mass is 9.82. The van der Waals surface area contributed by atoms with Gasteiger partial charge in [0.05, 0.1) is 12.8 Å². The summed E-state index contributed by atoms with van der Waals surface area (Å²) in [7, 11) is 1.68. The second-order valence-electron chi connectivity index (χ2n) is 9.20. The highest BCUT2D eigenvalue weighted by Crippen LogP contribution is 2.54. The third-order valence-electron chi connectivity index (χ3n) is 7.08. The van der Waals surface area contributed by atoms with Crippen LogP contribution in [0.5, 0.6) is 11.5 Å². The summed E-state index contributed by atoms with van der Waals surface area (Å²) in [6.45, 7) is 6.43. The number of rotatable bonds is 3. The maximum absolute atomic E-state index is 10.9. The Kier molecular flexibility index (Phi) is 4.44. The average Bonchev–Trinajstić information content (AvgIpc) is 3.00. The standard InChI is InChI=1S/C26H29NO3/c1-26(2)20-9-5-4-8-17(20)25-19-11-22(27-10-6-7-16(14-27)15-28)24(30-3)12-18(19)23(29)13-21(25)26/h4-5,8-9,11-13,16,28-29H,6-7,10,14-15H2,1-3H3. The normalized spacial score (nSPS) is 19.6. The molecule has 0 bridgehead atoms. The number of fused-ring (bicyclic) bond motifs is 5. The van der Waals surface area contributed by atoms with Crippen LogP contribution in [-0.2, 0) is 5.41 Å². The molecule has 156 valence electrons. The minimum Gasteiger partial charge on any atom is -0.507 e. The molecule has 1 atom stereocenters. The smallest absolute Gasteiger partial charge is 0.142 e. The molecule has 1 unspecified atom stereocenters. The summed E-state index contributed by atoms with van der Waals surface area (Å²) >= 11 is 0. The van der Waals surface area contributed by atoms with E-state index in [4.69, 9.17) is 4.74 Å². The Morgan fingerprint density at radius 2 is 1.90 bits per heavy atom. The van der Waals surface area contributed by atoms with E-state index in [1.807, 2.05) is 12.1 Å². The van der Waals surface area contributed by atoms with Gasteiger partial charge in [0.1, 0.15) is 11.5 Å². The molecule has 1 fully saturated rings. The molecule has 0 amide bonds. The highest BCUT2D eigenvalue weighted by molar-refractivity contribution is 6.07. The SMILES string of the molecule is COc1cc2c(O)cc3c(c2cc1N1CCCC(CO)C1)-c1ccccc1C3(C)C. The monoisotopic (exact) mass is 403 g/mol. The molecule has 0 spiro atoms. The Hall–Kier alpha value is -2.72.